The fourth-order valence-electron chi connectivity index (χ4n) is 2.82. The number of rotatable bonds is 6. The molecule has 2 amide bonds. The second-order valence-corrected chi connectivity index (χ2v) is 6.58. The zero-order valence-corrected chi connectivity index (χ0v) is 16.5. The van der Waals surface area contributed by atoms with Crippen molar-refractivity contribution in [3.8, 4) is 5.75 Å². The fraction of sp³-hybridized carbons (Fsp3) is 0.238. The van der Waals surface area contributed by atoms with Crippen LogP contribution in [0.15, 0.2) is 53.3 Å². The Kier molecular flexibility index (Phi) is 6.41. The summed E-state index contributed by atoms with van der Waals surface area (Å²) in [5, 5.41) is 4.92. The zero-order valence-electron chi connectivity index (χ0n) is 16.5. The van der Waals surface area contributed by atoms with Crippen LogP contribution in [0.2, 0.25) is 0 Å². The third-order valence-corrected chi connectivity index (χ3v) is 4.31. The monoisotopic (exact) mass is 412 g/mol. The number of hydrazine groups is 1. The van der Waals surface area contributed by atoms with Gasteiger partial charge in [-0.2, -0.15) is 5.10 Å². The summed E-state index contributed by atoms with van der Waals surface area (Å²) in [6.07, 6.45) is -0.282. The second kappa shape index (κ2) is 9.17. The molecule has 0 saturated heterocycles. The van der Waals surface area contributed by atoms with Crippen molar-refractivity contribution in [2.24, 2.45) is 0 Å². The summed E-state index contributed by atoms with van der Waals surface area (Å²) in [6, 6.07) is 11.9. The van der Waals surface area contributed by atoms with E-state index in [0.29, 0.717) is 29.5 Å². The molecule has 156 valence electrons. The summed E-state index contributed by atoms with van der Waals surface area (Å²) in [5.74, 6) is -1.39. The van der Waals surface area contributed by atoms with Gasteiger partial charge in [-0.1, -0.05) is 25.1 Å². The number of carbonyl (C=O) groups excluding carboxylic acids is 2. The lowest BCUT2D eigenvalue weighted by molar-refractivity contribution is -0.128. The Morgan fingerprint density at radius 1 is 1.10 bits per heavy atom. The smallest absolute Gasteiger partial charge is 0.290 e. The number of hydrogen-bond acceptors (Lipinski definition) is 5. The van der Waals surface area contributed by atoms with Gasteiger partial charge < -0.3 is 4.74 Å². The number of aromatic nitrogens is 2. The van der Waals surface area contributed by atoms with E-state index in [-0.39, 0.29) is 11.3 Å². The first-order valence-corrected chi connectivity index (χ1v) is 9.43. The highest BCUT2D eigenvalue weighted by Crippen LogP contribution is 2.14. The van der Waals surface area contributed by atoms with Crippen molar-refractivity contribution in [1.82, 2.24) is 20.6 Å². The van der Waals surface area contributed by atoms with E-state index in [0.717, 1.165) is 0 Å². The van der Waals surface area contributed by atoms with E-state index < -0.39 is 23.7 Å². The topological polar surface area (TPSA) is 102 Å². The van der Waals surface area contributed by atoms with Gasteiger partial charge in [-0.25, -0.2) is 9.07 Å². The van der Waals surface area contributed by atoms with Gasteiger partial charge in [0.05, 0.1) is 5.39 Å². The van der Waals surface area contributed by atoms with Gasteiger partial charge in [-0.05, 0) is 43.7 Å². The number of halogens is 1. The Morgan fingerprint density at radius 3 is 2.43 bits per heavy atom. The molecule has 8 nitrogen and oxygen atoms in total. The van der Waals surface area contributed by atoms with E-state index in [4.69, 9.17) is 4.74 Å². The minimum atomic E-state index is -0.950. The van der Waals surface area contributed by atoms with Crippen LogP contribution >= 0.6 is 0 Å². The van der Waals surface area contributed by atoms with Crippen LogP contribution in [0.25, 0.3) is 10.8 Å². The molecule has 0 saturated carbocycles. The molecule has 0 aliphatic heterocycles. The fourth-order valence-corrected chi connectivity index (χ4v) is 2.82. The normalized spacial score (nSPS) is 11.7. The number of amides is 2. The number of nitrogens with one attached hydrogen (secondary N) is 2. The van der Waals surface area contributed by atoms with Gasteiger partial charge in [0.1, 0.15) is 11.6 Å². The van der Waals surface area contributed by atoms with Gasteiger partial charge in [-0.15, -0.1) is 0 Å². The summed E-state index contributed by atoms with van der Waals surface area (Å²) in [5.41, 5.74) is 4.31. The molecule has 2 aromatic carbocycles. The molecule has 3 rings (SSSR count). The largest absolute Gasteiger partial charge is 0.481 e. The van der Waals surface area contributed by atoms with Gasteiger partial charge in [0, 0.05) is 11.9 Å². The maximum atomic E-state index is 13.0. The Hall–Kier alpha value is -3.75. The van der Waals surface area contributed by atoms with Crippen LogP contribution in [0.1, 0.15) is 30.8 Å². The molecule has 0 spiro atoms. The molecule has 1 unspecified atom stereocenters. The van der Waals surface area contributed by atoms with E-state index >= 15 is 0 Å². The van der Waals surface area contributed by atoms with Crippen LogP contribution in [0.5, 0.6) is 5.75 Å². The van der Waals surface area contributed by atoms with Crippen LogP contribution in [-0.2, 0) is 11.3 Å². The number of carbonyl (C=O) groups is 2. The Morgan fingerprint density at radius 2 is 1.77 bits per heavy atom. The standard InChI is InChI=1S/C21H21FN4O4/c1-3-12-26-21(29)17-7-5-4-6-16(17)18(25-26)20(28)24-23-19(27)13(2)30-15-10-8-14(22)9-11-15/h4-11,13H,3,12H2,1-2H3,(H,23,27)(H,24,28). The van der Waals surface area contributed by atoms with Gasteiger partial charge in [0.25, 0.3) is 17.4 Å². The van der Waals surface area contributed by atoms with E-state index in [1.165, 1.54) is 35.9 Å². The summed E-state index contributed by atoms with van der Waals surface area (Å²) in [7, 11) is 0. The molecule has 0 radical (unpaired) electrons. The molecule has 0 fully saturated rings. The number of fused-ring (bicyclic) bond motifs is 1. The maximum absolute atomic E-state index is 13.0. The molecule has 3 aromatic rings. The molecular formula is C21H21FN4O4. The van der Waals surface area contributed by atoms with Gasteiger partial charge in [-0.3, -0.25) is 25.2 Å². The first-order chi connectivity index (χ1) is 14.4. The van der Waals surface area contributed by atoms with E-state index in [1.54, 1.807) is 24.3 Å². The van der Waals surface area contributed by atoms with Gasteiger partial charge in [0.2, 0.25) is 0 Å². The van der Waals surface area contributed by atoms with Crippen molar-refractivity contribution in [3.05, 3.63) is 70.4 Å². The lowest BCUT2D eigenvalue weighted by Crippen LogP contribution is -2.47. The zero-order chi connectivity index (χ0) is 21.7. The van der Waals surface area contributed by atoms with E-state index in [1.807, 2.05) is 6.92 Å². The summed E-state index contributed by atoms with van der Waals surface area (Å²) in [4.78, 5) is 37.4. The molecule has 0 aliphatic rings. The minimum absolute atomic E-state index is 0.0195. The maximum Gasteiger partial charge on any atom is 0.290 e. The van der Waals surface area contributed by atoms with Crippen molar-refractivity contribution < 1.29 is 18.7 Å². The number of ether oxygens (including phenoxy) is 1. The first kappa shape index (κ1) is 21.0. The molecule has 1 heterocycles. The molecule has 1 atom stereocenters. The predicted octanol–water partition coefficient (Wildman–Crippen LogP) is 2.17. The van der Waals surface area contributed by atoms with Crippen LogP contribution in [0.4, 0.5) is 4.39 Å². The molecule has 30 heavy (non-hydrogen) atoms. The van der Waals surface area contributed by atoms with Crippen LogP contribution < -0.4 is 21.1 Å². The van der Waals surface area contributed by atoms with Crippen LogP contribution in [-0.4, -0.2) is 27.7 Å². The molecule has 0 aliphatic carbocycles. The third kappa shape index (κ3) is 4.62. The lowest BCUT2D eigenvalue weighted by Gasteiger charge is -2.15. The molecule has 2 N–H and O–H groups in total. The van der Waals surface area contributed by atoms with Crippen molar-refractivity contribution in [3.63, 3.8) is 0 Å². The number of benzene rings is 2. The van der Waals surface area contributed by atoms with Crippen molar-refractivity contribution in [2.75, 3.05) is 0 Å². The van der Waals surface area contributed by atoms with Crippen molar-refractivity contribution in [1.29, 1.82) is 0 Å². The number of hydrogen-bond donors (Lipinski definition) is 2. The van der Waals surface area contributed by atoms with Crippen molar-refractivity contribution >= 4 is 22.6 Å². The average Bonchev–Trinajstić information content (AvgIpc) is 2.75. The van der Waals surface area contributed by atoms with Gasteiger partial charge in [0.15, 0.2) is 11.8 Å². The highest BCUT2D eigenvalue weighted by Gasteiger charge is 2.19. The summed E-state index contributed by atoms with van der Waals surface area (Å²) >= 11 is 0. The van der Waals surface area contributed by atoms with Crippen LogP contribution in [0, 0.1) is 5.82 Å². The molecule has 0 bridgehead atoms. The SMILES string of the molecule is CCCn1nc(C(=O)NNC(=O)C(C)Oc2ccc(F)cc2)c2ccccc2c1=O. The highest BCUT2D eigenvalue weighted by molar-refractivity contribution is 6.05. The Balaban J connectivity index is 1.73. The van der Waals surface area contributed by atoms with Crippen LogP contribution in [0.3, 0.4) is 0 Å². The first-order valence-electron chi connectivity index (χ1n) is 9.43. The summed E-state index contributed by atoms with van der Waals surface area (Å²) < 4.78 is 19.6. The molecular weight excluding hydrogens is 391 g/mol. The van der Waals surface area contributed by atoms with Gasteiger partial charge >= 0.3 is 0 Å². The Bertz CT molecular complexity index is 1130. The van der Waals surface area contributed by atoms with E-state index in [2.05, 4.69) is 16.0 Å². The average molecular weight is 412 g/mol. The molecule has 9 heteroatoms. The number of nitrogens with zero attached hydrogens (tertiary/aromatic N) is 2. The quantitative estimate of drug-likeness (QED) is 0.604. The molecule has 1 aromatic heterocycles. The number of aryl methyl sites for hydroxylation is 1. The lowest BCUT2D eigenvalue weighted by atomic mass is 10.1. The predicted molar refractivity (Wildman–Crippen MR) is 108 cm³/mol. The third-order valence-electron chi connectivity index (χ3n) is 4.31. The second-order valence-electron chi connectivity index (χ2n) is 6.58. The highest BCUT2D eigenvalue weighted by atomic mass is 19.1. The minimum Gasteiger partial charge on any atom is -0.481 e. The van der Waals surface area contributed by atoms with Crippen molar-refractivity contribution in [2.45, 2.75) is 32.9 Å². The Labute approximate surface area is 171 Å². The van der Waals surface area contributed by atoms with E-state index in [9.17, 15) is 18.8 Å². The summed E-state index contributed by atoms with van der Waals surface area (Å²) in [6.45, 7) is 3.74.